The van der Waals surface area contributed by atoms with Crippen LogP contribution in [-0.4, -0.2) is 16.8 Å². The van der Waals surface area contributed by atoms with Gasteiger partial charge in [0, 0.05) is 11.4 Å². The summed E-state index contributed by atoms with van der Waals surface area (Å²) in [5.41, 5.74) is 0.872. The van der Waals surface area contributed by atoms with Gasteiger partial charge in [-0.15, -0.1) is 0 Å². The van der Waals surface area contributed by atoms with Gasteiger partial charge in [0.05, 0.1) is 10.9 Å². The number of nitrogens with one attached hydrogen (secondary N) is 3. The van der Waals surface area contributed by atoms with E-state index >= 15 is 0 Å². The summed E-state index contributed by atoms with van der Waals surface area (Å²) in [4.78, 5) is 39.3. The van der Waals surface area contributed by atoms with E-state index in [4.69, 9.17) is 0 Å². The highest BCUT2D eigenvalue weighted by Gasteiger charge is 2.38. The zero-order valence-corrected chi connectivity index (χ0v) is 14.6. The van der Waals surface area contributed by atoms with E-state index in [1.807, 2.05) is 0 Å². The van der Waals surface area contributed by atoms with Crippen molar-refractivity contribution < 1.29 is 14.0 Å². The molecule has 0 fully saturated rings. The SMILES string of the molecule is CC1(C)C(=O)Nc2ccc(NC(=O)c3cc4ccc(F)cc4[nH]c3=O)cc21. The number of carbonyl (C=O) groups is 2. The van der Waals surface area contributed by atoms with Crippen LogP contribution in [0.15, 0.2) is 47.3 Å². The van der Waals surface area contributed by atoms with Crippen molar-refractivity contribution in [3.63, 3.8) is 0 Å². The Morgan fingerprint density at radius 1 is 1.07 bits per heavy atom. The van der Waals surface area contributed by atoms with Crippen molar-refractivity contribution in [2.75, 3.05) is 10.6 Å². The van der Waals surface area contributed by atoms with Gasteiger partial charge in [0.25, 0.3) is 11.5 Å². The Kier molecular flexibility index (Phi) is 3.62. The predicted octanol–water partition coefficient (Wildman–Crippen LogP) is 3.15. The second-order valence-electron chi connectivity index (χ2n) is 7.04. The van der Waals surface area contributed by atoms with E-state index in [2.05, 4.69) is 15.6 Å². The first kappa shape index (κ1) is 17.0. The number of aromatic amines is 1. The summed E-state index contributed by atoms with van der Waals surface area (Å²) >= 11 is 0. The molecule has 0 saturated carbocycles. The number of hydrogen-bond acceptors (Lipinski definition) is 3. The molecule has 3 aromatic rings. The number of hydrogen-bond donors (Lipinski definition) is 3. The first-order valence-corrected chi connectivity index (χ1v) is 8.35. The van der Waals surface area contributed by atoms with Crippen molar-refractivity contribution in [3.8, 4) is 0 Å². The molecule has 0 unspecified atom stereocenters. The third-order valence-electron chi connectivity index (χ3n) is 4.82. The van der Waals surface area contributed by atoms with E-state index in [9.17, 15) is 18.8 Å². The first-order valence-electron chi connectivity index (χ1n) is 8.35. The smallest absolute Gasteiger partial charge is 0.261 e. The summed E-state index contributed by atoms with van der Waals surface area (Å²) in [6, 6.07) is 10.5. The Hall–Kier alpha value is -3.48. The Bertz CT molecular complexity index is 1180. The molecule has 1 aromatic heterocycles. The number of carbonyl (C=O) groups excluding carboxylic acids is 2. The van der Waals surface area contributed by atoms with E-state index in [1.54, 1.807) is 32.0 Å². The normalized spacial score (nSPS) is 14.7. The number of fused-ring (bicyclic) bond motifs is 2. The number of H-pyrrole nitrogens is 1. The van der Waals surface area contributed by atoms with Crippen LogP contribution in [0.5, 0.6) is 0 Å². The molecule has 0 radical (unpaired) electrons. The number of amides is 2. The largest absolute Gasteiger partial charge is 0.325 e. The molecule has 7 heteroatoms. The highest BCUT2D eigenvalue weighted by Crippen LogP contribution is 2.38. The number of pyridine rings is 1. The van der Waals surface area contributed by atoms with E-state index in [0.717, 1.165) is 5.56 Å². The van der Waals surface area contributed by atoms with Crippen LogP contribution in [0.25, 0.3) is 10.9 Å². The lowest BCUT2D eigenvalue weighted by Crippen LogP contribution is -2.27. The molecule has 6 nitrogen and oxygen atoms in total. The summed E-state index contributed by atoms with van der Waals surface area (Å²) in [5, 5.41) is 6.03. The molecule has 2 aromatic carbocycles. The van der Waals surface area contributed by atoms with Crippen molar-refractivity contribution in [3.05, 3.63) is 69.8 Å². The van der Waals surface area contributed by atoms with Crippen molar-refractivity contribution in [1.82, 2.24) is 4.98 Å². The summed E-state index contributed by atoms with van der Waals surface area (Å²) in [6.45, 7) is 3.60. The third-order valence-corrected chi connectivity index (χ3v) is 4.82. The Balaban J connectivity index is 1.68. The Morgan fingerprint density at radius 3 is 2.63 bits per heavy atom. The van der Waals surface area contributed by atoms with Gasteiger partial charge in [0.15, 0.2) is 0 Å². The topological polar surface area (TPSA) is 91.1 Å². The van der Waals surface area contributed by atoms with E-state index in [-0.39, 0.29) is 11.5 Å². The summed E-state index contributed by atoms with van der Waals surface area (Å²) in [6.07, 6.45) is 0. The Labute approximate surface area is 153 Å². The van der Waals surface area contributed by atoms with Crippen LogP contribution in [0, 0.1) is 5.82 Å². The number of halogens is 1. The van der Waals surface area contributed by atoms with Gasteiger partial charge in [-0.1, -0.05) is 0 Å². The maximum Gasteiger partial charge on any atom is 0.261 e. The average molecular weight is 365 g/mol. The van der Waals surface area contributed by atoms with Crippen LogP contribution in [0.2, 0.25) is 0 Å². The van der Waals surface area contributed by atoms with Crippen LogP contribution in [0.4, 0.5) is 15.8 Å². The fourth-order valence-corrected chi connectivity index (χ4v) is 3.19. The van der Waals surface area contributed by atoms with E-state index in [1.165, 1.54) is 24.3 Å². The third kappa shape index (κ3) is 2.77. The van der Waals surface area contributed by atoms with Crippen LogP contribution < -0.4 is 16.2 Å². The van der Waals surface area contributed by atoms with Crippen LogP contribution >= 0.6 is 0 Å². The molecular weight excluding hydrogens is 349 g/mol. The Morgan fingerprint density at radius 2 is 1.85 bits per heavy atom. The van der Waals surface area contributed by atoms with Gasteiger partial charge in [-0.05, 0) is 67.3 Å². The highest BCUT2D eigenvalue weighted by molar-refractivity contribution is 6.08. The van der Waals surface area contributed by atoms with Crippen molar-refractivity contribution in [1.29, 1.82) is 0 Å². The van der Waals surface area contributed by atoms with Crippen molar-refractivity contribution in [2.24, 2.45) is 0 Å². The highest BCUT2D eigenvalue weighted by atomic mass is 19.1. The summed E-state index contributed by atoms with van der Waals surface area (Å²) in [7, 11) is 0. The lowest BCUT2D eigenvalue weighted by molar-refractivity contribution is -0.119. The quantitative estimate of drug-likeness (QED) is 0.651. The first-order chi connectivity index (χ1) is 12.8. The van der Waals surface area contributed by atoms with Gasteiger partial charge in [-0.25, -0.2) is 4.39 Å². The average Bonchev–Trinajstić information content (AvgIpc) is 2.83. The minimum Gasteiger partial charge on any atom is -0.325 e. The van der Waals surface area contributed by atoms with Gasteiger partial charge in [-0.2, -0.15) is 0 Å². The zero-order chi connectivity index (χ0) is 19.3. The molecule has 3 N–H and O–H groups in total. The molecule has 136 valence electrons. The lowest BCUT2D eigenvalue weighted by Gasteiger charge is -2.16. The van der Waals surface area contributed by atoms with Gasteiger partial charge < -0.3 is 15.6 Å². The second-order valence-corrected chi connectivity index (χ2v) is 7.04. The predicted molar refractivity (Wildman–Crippen MR) is 101 cm³/mol. The van der Waals surface area contributed by atoms with Crippen molar-refractivity contribution in [2.45, 2.75) is 19.3 Å². The number of anilines is 2. The molecule has 0 bridgehead atoms. The molecule has 0 saturated heterocycles. The molecule has 27 heavy (non-hydrogen) atoms. The van der Waals surface area contributed by atoms with E-state index in [0.29, 0.717) is 22.3 Å². The maximum absolute atomic E-state index is 13.3. The lowest BCUT2D eigenvalue weighted by atomic mass is 9.86. The summed E-state index contributed by atoms with van der Waals surface area (Å²) < 4.78 is 13.3. The zero-order valence-electron chi connectivity index (χ0n) is 14.6. The molecule has 0 atom stereocenters. The molecule has 2 heterocycles. The van der Waals surface area contributed by atoms with E-state index < -0.39 is 22.7 Å². The van der Waals surface area contributed by atoms with Gasteiger partial charge in [0.1, 0.15) is 11.4 Å². The van der Waals surface area contributed by atoms with Gasteiger partial charge in [-0.3, -0.25) is 14.4 Å². The molecule has 0 spiro atoms. The van der Waals surface area contributed by atoms with Gasteiger partial charge >= 0.3 is 0 Å². The number of rotatable bonds is 2. The standard InChI is InChI=1S/C20H16FN3O3/c1-20(2)14-9-12(5-6-15(14)24-19(20)27)22-17(25)13-7-10-3-4-11(21)8-16(10)23-18(13)26/h3-9H,1-2H3,(H,22,25)(H,23,26)(H,24,27). The van der Waals surface area contributed by atoms with Crippen LogP contribution in [0.3, 0.4) is 0 Å². The molecule has 2 amide bonds. The van der Waals surface area contributed by atoms with Crippen molar-refractivity contribution >= 4 is 34.1 Å². The fraction of sp³-hybridized carbons (Fsp3) is 0.150. The minimum absolute atomic E-state index is 0.0805. The second kappa shape index (κ2) is 5.77. The fourth-order valence-electron chi connectivity index (χ4n) is 3.19. The molecule has 0 aliphatic carbocycles. The minimum atomic E-state index is -0.708. The molecular formula is C20H16FN3O3. The summed E-state index contributed by atoms with van der Waals surface area (Å²) in [5.74, 6) is -1.17. The number of benzene rings is 2. The number of aromatic nitrogens is 1. The van der Waals surface area contributed by atoms with Crippen LogP contribution in [0.1, 0.15) is 29.8 Å². The molecule has 1 aliphatic rings. The molecule has 4 rings (SSSR count). The van der Waals surface area contributed by atoms with Crippen LogP contribution in [-0.2, 0) is 10.2 Å². The van der Waals surface area contributed by atoms with Gasteiger partial charge in [0.2, 0.25) is 5.91 Å². The maximum atomic E-state index is 13.3. The monoisotopic (exact) mass is 365 g/mol. The molecule has 1 aliphatic heterocycles.